The van der Waals surface area contributed by atoms with Gasteiger partial charge in [-0.25, -0.2) is 4.39 Å². The van der Waals surface area contributed by atoms with Crippen LogP contribution < -0.4 is 5.32 Å². The molecule has 0 bridgehead atoms. The second-order valence-corrected chi connectivity index (χ2v) is 5.35. The molecule has 0 amide bonds. The molecule has 1 aliphatic rings. The van der Waals surface area contributed by atoms with Crippen molar-refractivity contribution in [3.63, 3.8) is 0 Å². The standard InChI is InChI=1S/C16H24FNO2/c1-2-6-18-9-13-3-4-16(17)15(8-13)12-20-11-14-5-7-19-10-14/h3-4,8,14,18H,2,5-7,9-12H2,1H3. The van der Waals surface area contributed by atoms with Crippen LogP contribution in [0.2, 0.25) is 0 Å². The van der Waals surface area contributed by atoms with E-state index in [9.17, 15) is 4.39 Å². The zero-order valence-corrected chi connectivity index (χ0v) is 12.2. The number of halogens is 1. The van der Waals surface area contributed by atoms with Gasteiger partial charge in [-0.2, -0.15) is 0 Å². The van der Waals surface area contributed by atoms with Crippen molar-refractivity contribution in [3.05, 3.63) is 35.1 Å². The minimum Gasteiger partial charge on any atom is -0.381 e. The molecule has 1 atom stereocenters. The second-order valence-electron chi connectivity index (χ2n) is 5.35. The van der Waals surface area contributed by atoms with Crippen LogP contribution in [0, 0.1) is 11.7 Å². The van der Waals surface area contributed by atoms with E-state index in [4.69, 9.17) is 9.47 Å². The molecule has 0 saturated carbocycles. The van der Waals surface area contributed by atoms with E-state index < -0.39 is 0 Å². The molecule has 1 fully saturated rings. The average Bonchev–Trinajstić information content (AvgIpc) is 2.95. The molecule has 20 heavy (non-hydrogen) atoms. The summed E-state index contributed by atoms with van der Waals surface area (Å²) in [5, 5.41) is 3.32. The second kappa shape index (κ2) is 8.35. The van der Waals surface area contributed by atoms with Gasteiger partial charge in [0.25, 0.3) is 0 Å². The van der Waals surface area contributed by atoms with Gasteiger partial charge in [0.1, 0.15) is 5.82 Å². The van der Waals surface area contributed by atoms with Crippen LogP contribution in [0.25, 0.3) is 0 Å². The third-order valence-electron chi connectivity index (χ3n) is 3.50. The summed E-state index contributed by atoms with van der Waals surface area (Å²) >= 11 is 0. The SMILES string of the molecule is CCCNCc1ccc(F)c(COCC2CCOC2)c1. The Hall–Kier alpha value is -0.970. The molecule has 3 nitrogen and oxygen atoms in total. The summed E-state index contributed by atoms with van der Waals surface area (Å²) in [6.07, 6.45) is 2.14. The Balaban J connectivity index is 1.80. The van der Waals surface area contributed by atoms with Crippen LogP contribution in [0.15, 0.2) is 18.2 Å². The van der Waals surface area contributed by atoms with Gasteiger partial charge in [-0.3, -0.25) is 0 Å². The minimum atomic E-state index is -0.188. The van der Waals surface area contributed by atoms with E-state index in [0.29, 0.717) is 24.7 Å². The summed E-state index contributed by atoms with van der Waals surface area (Å²) < 4.78 is 24.7. The zero-order chi connectivity index (χ0) is 14.2. The lowest BCUT2D eigenvalue weighted by atomic mass is 10.1. The van der Waals surface area contributed by atoms with Gasteiger partial charge in [0.15, 0.2) is 0 Å². The Kier molecular flexibility index (Phi) is 6.43. The quantitative estimate of drug-likeness (QED) is 0.743. The maximum Gasteiger partial charge on any atom is 0.128 e. The van der Waals surface area contributed by atoms with Crippen LogP contribution in [-0.4, -0.2) is 26.4 Å². The van der Waals surface area contributed by atoms with Crippen molar-refractivity contribution in [3.8, 4) is 0 Å². The Morgan fingerprint density at radius 3 is 3.10 bits per heavy atom. The Morgan fingerprint density at radius 2 is 2.35 bits per heavy atom. The molecule has 4 heteroatoms. The molecule has 1 aliphatic heterocycles. The molecule has 0 spiro atoms. The van der Waals surface area contributed by atoms with Crippen molar-refractivity contribution >= 4 is 0 Å². The largest absolute Gasteiger partial charge is 0.381 e. The highest BCUT2D eigenvalue weighted by atomic mass is 19.1. The van der Waals surface area contributed by atoms with Crippen molar-refractivity contribution in [2.24, 2.45) is 5.92 Å². The normalized spacial score (nSPS) is 18.6. The molecule has 1 heterocycles. The summed E-state index contributed by atoms with van der Waals surface area (Å²) in [4.78, 5) is 0. The third kappa shape index (κ3) is 4.85. The molecular formula is C16H24FNO2. The summed E-state index contributed by atoms with van der Waals surface area (Å²) in [5.41, 5.74) is 1.74. The highest BCUT2D eigenvalue weighted by molar-refractivity contribution is 5.24. The maximum absolute atomic E-state index is 13.7. The highest BCUT2D eigenvalue weighted by Gasteiger charge is 2.15. The number of nitrogens with one attached hydrogen (secondary N) is 1. The summed E-state index contributed by atoms with van der Waals surface area (Å²) in [5.74, 6) is 0.277. The van der Waals surface area contributed by atoms with Crippen LogP contribution in [0.5, 0.6) is 0 Å². The van der Waals surface area contributed by atoms with E-state index in [1.807, 2.05) is 12.1 Å². The van der Waals surface area contributed by atoms with Crippen molar-refractivity contribution in [1.29, 1.82) is 0 Å². The van der Waals surface area contributed by atoms with Crippen LogP contribution in [0.3, 0.4) is 0 Å². The molecule has 1 saturated heterocycles. The molecule has 112 valence electrons. The van der Waals surface area contributed by atoms with Gasteiger partial charge in [0.2, 0.25) is 0 Å². The fourth-order valence-corrected chi connectivity index (χ4v) is 2.31. The summed E-state index contributed by atoms with van der Waals surface area (Å²) in [7, 11) is 0. The van der Waals surface area contributed by atoms with Crippen LogP contribution in [0.1, 0.15) is 30.9 Å². The molecular weight excluding hydrogens is 257 g/mol. The molecule has 1 aromatic rings. The van der Waals surface area contributed by atoms with Gasteiger partial charge in [0, 0.05) is 24.6 Å². The van der Waals surface area contributed by atoms with E-state index in [-0.39, 0.29) is 5.82 Å². The topological polar surface area (TPSA) is 30.5 Å². The van der Waals surface area contributed by atoms with Gasteiger partial charge in [-0.15, -0.1) is 0 Å². The highest BCUT2D eigenvalue weighted by Crippen LogP contribution is 2.15. The lowest BCUT2D eigenvalue weighted by Gasteiger charge is -2.11. The van der Waals surface area contributed by atoms with E-state index >= 15 is 0 Å². The van der Waals surface area contributed by atoms with Crippen LogP contribution in [-0.2, 0) is 22.6 Å². The van der Waals surface area contributed by atoms with Gasteiger partial charge in [-0.05, 0) is 37.1 Å². The molecule has 0 aliphatic carbocycles. The fourth-order valence-electron chi connectivity index (χ4n) is 2.31. The van der Waals surface area contributed by atoms with Gasteiger partial charge >= 0.3 is 0 Å². The van der Waals surface area contributed by atoms with Gasteiger partial charge in [0.05, 0.1) is 19.8 Å². The van der Waals surface area contributed by atoms with E-state index in [2.05, 4.69) is 12.2 Å². The lowest BCUT2D eigenvalue weighted by Crippen LogP contribution is -2.14. The smallest absolute Gasteiger partial charge is 0.128 e. The fraction of sp³-hybridized carbons (Fsp3) is 0.625. The Bertz CT molecular complexity index is 405. The average molecular weight is 281 g/mol. The van der Waals surface area contributed by atoms with E-state index in [1.54, 1.807) is 0 Å². The van der Waals surface area contributed by atoms with Crippen LogP contribution in [0.4, 0.5) is 4.39 Å². The first-order valence-corrected chi connectivity index (χ1v) is 7.43. The molecule has 0 radical (unpaired) electrons. The molecule has 1 aromatic carbocycles. The maximum atomic E-state index is 13.7. The van der Waals surface area contributed by atoms with Crippen molar-refractivity contribution < 1.29 is 13.9 Å². The van der Waals surface area contributed by atoms with Crippen molar-refractivity contribution in [1.82, 2.24) is 5.32 Å². The van der Waals surface area contributed by atoms with E-state index in [0.717, 1.165) is 44.7 Å². The van der Waals surface area contributed by atoms with Gasteiger partial charge < -0.3 is 14.8 Å². The van der Waals surface area contributed by atoms with E-state index in [1.165, 1.54) is 6.07 Å². The molecule has 2 rings (SSSR count). The first-order chi connectivity index (χ1) is 9.79. The third-order valence-corrected chi connectivity index (χ3v) is 3.50. The number of ether oxygens (including phenoxy) is 2. The first kappa shape index (κ1) is 15.4. The molecule has 1 unspecified atom stereocenters. The molecule has 0 aromatic heterocycles. The zero-order valence-electron chi connectivity index (χ0n) is 12.2. The number of hydrogen-bond donors (Lipinski definition) is 1. The predicted octanol–water partition coefficient (Wildman–Crippen LogP) is 2.88. The Morgan fingerprint density at radius 1 is 1.45 bits per heavy atom. The van der Waals surface area contributed by atoms with Gasteiger partial charge in [-0.1, -0.05) is 13.0 Å². The lowest BCUT2D eigenvalue weighted by molar-refractivity contribution is 0.0775. The van der Waals surface area contributed by atoms with Crippen molar-refractivity contribution in [2.75, 3.05) is 26.4 Å². The van der Waals surface area contributed by atoms with Crippen LogP contribution >= 0.6 is 0 Å². The number of rotatable bonds is 8. The Labute approximate surface area is 120 Å². The minimum absolute atomic E-state index is 0.188. The van der Waals surface area contributed by atoms with Crippen molar-refractivity contribution in [2.45, 2.75) is 32.9 Å². The summed E-state index contributed by atoms with van der Waals surface area (Å²) in [6.45, 7) is 6.46. The number of hydrogen-bond acceptors (Lipinski definition) is 3. The molecule has 1 N–H and O–H groups in total. The monoisotopic (exact) mass is 281 g/mol. The first-order valence-electron chi connectivity index (χ1n) is 7.43. The number of benzene rings is 1. The summed E-state index contributed by atoms with van der Waals surface area (Å²) in [6, 6.07) is 5.25. The predicted molar refractivity (Wildman–Crippen MR) is 77.0 cm³/mol.